The van der Waals surface area contributed by atoms with Gasteiger partial charge in [0.2, 0.25) is 0 Å². The van der Waals surface area contributed by atoms with E-state index in [1.165, 1.54) is 18.5 Å². The number of nitrogens with zero attached hydrogens (tertiary/aromatic N) is 1. The molecule has 2 rings (SSSR count). The molecule has 1 aromatic heterocycles. The van der Waals surface area contributed by atoms with Crippen LogP contribution >= 0.6 is 34.2 Å². The third-order valence-corrected chi connectivity index (χ3v) is 4.82. The van der Waals surface area contributed by atoms with Crippen molar-refractivity contribution >= 4 is 55.6 Å². The third kappa shape index (κ3) is 3.28. The van der Waals surface area contributed by atoms with Crippen molar-refractivity contribution in [1.29, 1.82) is 0 Å². The molecule has 0 saturated heterocycles. The van der Waals surface area contributed by atoms with Crippen LogP contribution in [0, 0.1) is 3.57 Å². The van der Waals surface area contributed by atoms with E-state index in [-0.39, 0.29) is 10.6 Å². The Morgan fingerprint density at radius 1 is 1.32 bits per heavy atom. The van der Waals surface area contributed by atoms with Crippen LogP contribution in [0.5, 0.6) is 0 Å². The van der Waals surface area contributed by atoms with Crippen LogP contribution in [0.1, 0.15) is 0 Å². The van der Waals surface area contributed by atoms with Gasteiger partial charge >= 0.3 is 0 Å². The zero-order valence-corrected chi connectivity index (χ0v) is 13.2. The Morgan fingerprint density at radius 3 is 2.68 bits per heavy atom. The Morgan fingerprint density at radius 2 is 2.05 bits per heavy atom. The minimum atomic E-state index is -3.76. The molecule has 5 nitrogen and oxygen atoms in total. The number of hydrogen-bond acceptors (Lipinski definition) is 4. The predicted octanol–water partition coefficient (Wildman–Crippen LogP) is 2.72. The number of nitrogens with two attached hydrogens (primary N) is 1. The topological polar surface area (TPSA) is 85.1 Å². The van der Waals surface area contributed by atoms with Gasteiger partial charge in [0, 0.05) is 21.0 Å². The fourth-order valence-electron chi connectivity index (χ4n) is 1.39. The van der Waals surface area contributed by atoms with Crippen molar-refractivity contribution in [2.75, 3.05) is 10.5 Å². The first-order valence-corrected chi connectivity index (χ1v) is 8.01. The van der Waals surface area contributed by atoms with Gasteiger partial charge in [0.05, 0.1) is 11.4 Å². The van der Waals surface area contributed by atoms with Crippen molar-refractivity contribution in [3.05, 3.63) is 45.3 Å². The Kier molecular flexibility index (Phi) is 4.16. The summed E-state index contributed by atoms with van der Waals surface area (Å²) < 4.78 is 27.5. The lowest BCUT2D eigenvalue weighted by molar-refractivity contribution is 0.601. The minimum absolute atomic E-state index is 0.0549. The second-order valence-corrected chi connectivity index (χ2v) is 6.89. The SMILES string of the molecule is Nc1ccncc1S(=O)(=O)Nc1ccc(Cl)cc1I. The lowest BCUT2D eigenvalue weighted by atomic mass is 10.3. The first kappa shape index (κ1) is 14.4. The number of sulfonamides is 1. The average molecular weight is 410 g/mol. The molecule has 0 bridgehead atoms. The van der Waals surface area contributed by atoms with E-state index in [4.69, 9.17) is 17.3 Å². The Labute approximate surface area is 129 Å². The van der Waals surface area contributed by atoms with E-state index >= 15 is 0 Å². The summed E-state index contributed by atoms with van der Waals surface area (Å²) in [4.78, 5) is 3.71. The molecule has 0 atom stereocenters. The molecule has 0 unspecified atom stereocenters. The summed E-state index contributed by atoms with van der Waals surface area (Å²) in [6.45, 7) is 0. The molecule has 0 saturated carbocycles. The number of benzene rings is 1. The van der Waals surface area contributed by atoms with Crippen molar-refractivity contribution in [3.63, 3.8) is 0 Å². The van der Waals surface area contributed by atoms with E-state index in [1.54, 1.807) is 18.2 Å². The lowest BCUT2D eigenvalue weighted by Crippen LogP contribution is -2.15. The van der Waals surface area contributed by atoms with E-state index in [1.807, 2.05) is 22.6 Å². The highest BCUT2D eigenvalue weighted by molar-refractivity contribution is 14.1. The largest absolute Gasteiger partial charge is 0.398 e. The summed E-state index contributed by atoms with van der Waals surface area (Å²) >= 11 is 7.81. The van der Waals surface area contributed by atoms with Crippen LogP contribution in [0.3, 0.4) is 0 Å². The molecule has 0 radical (unpaired) electrons. The molecule has 1 heterocycles. The monoisotopic (exact) mass is 409 g/mol. The fourth-order valence-corrected chi connectivity index (χ4v) is 3.73. The number of nitrogens with one attached hydrogen (secondary N) is 1. The second kappa shape index (κ2) is 5.51. The van der Waals surface area contributed by atoms with E-state index in [9.17, 15) is 8.42 Å². The van der Waals surface area contributed by atoms with Gasteiger partial charge in [0.15, 0.2) is 0 Å². The first-order valence-electron chi connectivity index (χ1n) is 5.07. The highest BCUT2D eigenvalue weighted by Gasteiger charge is 2.18. The zero-order chi connectivity index (χ0) is 14.0. The van der Waals surface area contributed by atoms with Gasteiger partial charge in [-0.3, -0.25) is 9.71 Å². The molecule has 3 N–H and O–H groups in total. The number of rotatable bonds is 3. The molecule has 19 heavy (non-hydrogen) atoms. The second-order valence-electron chi connectivity index (χ2n) is 3.64. The maximum atomic E-state index is 12.2. The summed E-state index contributed by atoms with van der Waals surface area (Å²) in [6, 6.07) is 6.29. The fraction of sp³-hybridized carbons (Fsp3) is 0. The van der Waals surface area contributed by atoms with Gasteiger partial charge in [-0.05, 0) is 46.9 Å². The predicted molar refractivity (Wildman–Crippen MR) is 83.6 cm³/mol. The average Bonchev–Trinajstić information content (AvgIpc) is 2.33. The number of anilines is 2. The Hall–Kier alpha value is -1.06. The molecule has 0 spiro atoms. The summed E-state index contributed by atoms with van der Waals surface area (Å²) in [5.74, 6) is 0. The van der Waals surface area contributed by atoms with E-state index in [0.717, 1.165) is 0 Å². The smallest absolute Gasteiger partial charge is 0.265 e. The number of hydrogen-bond donors (Lipinski definition) is 2. The first-order chi connectivity index (χ1) is 8.90. The van der Waals surface area contributed by atoms with Gasteiger partial charge in [-0.2, -0.15) is 0 Å². The van der Waals surface area contributed by atoms with Crippen LogP contribution in [0.2, 0.25) is 5.02 Å². The van der Waals surface area contributed by atoms with Crippen molar-refractivity contribution in [2.45, 2.75) is 4.90 Å². The minimum Gasteiger partial charge on any atom is -0.398 e. The van der Waals surface area contributed by atoms with Crippen molar-refractivity contribution in [1.82, 2.24) is 4.98 Å². The van der Waals surface area contributed by atoms with E-state index in [2.05, 4.69) is 9.71 Å². The highest BCUT2D eigenvalue weighted by Crippen LogP contribution is 2.26. The maximum Gasteiger partial charge on any atom is 0.265 e. The molecule has 1 aromatic carbocycles. The molecule has 0 aliphatic carbocycles. The lowest BCUT2D eigenvalue weighted by Gasteiger charge is -2.11. The molecule has 0 aliphatic rings. The van der Waals surface area contributed by atoms with Gasteiger partial charge in [-0.1, -0.05) is 11.6 Å². The summed E-state index contributed by atoms with van der Waals surface area (Å²) in [6.07, 6.45) is 2.64. The Bertz CT molecular complexity index is 722. The molecule has 100 valence electrons. The molecule has 2 aromatic rings. The van der Waals surface area contributed by atoms with Crippen LogP contribution in [0.4, 0.5) is 11.4 Å². The van der Waals surface area contributed by atoms with Crippen molar-refractivity contribution in [2.24, 2.45) is 0 Å². The molecule has 0 aliphatic heterocycles. The van der Waals surface area contributed by atoms with Crippen LogP contribution in [-0.2, 0) is 10.0 Å². The molecule has 8 heteroatoms. The maximum absolute atomic E-state index is 12.2. The normalized spacial score (nSPS) is 11.3. The third-order valence-electron chi connectivity index (χ3n) is 2.28. The standard InChI is InChI=1S/C11H9ClIN3O2S/c12-7-1-2-10(8(13)5-7)16-19(17,18)11-6-15-4-3-9(11)14/h1-6,16H,(H2,14,15). The molecule has 0 amide bonds. The number of nitrogen functional groups attached to an aromatic ring is 1. The van der Waals surface area contributed by atoms with Gasteiger partial charge < -0.3 is 5.73 Å². The van der Waals surface area contributed by atoms with Crippen molar-refractivity contribution < 1.29 is 8.42 Å². The molecular formula is C11H9ClIN3O2S. The van der Waals surface area contributed by atoms with E-state index < -0.39 is 10.0 Å². The number of pyridine rings is 1. The Balaban J connectivity index is 2.40. The molecule has 0 fully saturated rings. The van der Waals surface area contributed by atoms with Crippen LogP contribution in [0.25, 0.3) is 0 Å². The zero-order valence-electron chi connectivity index (χ0n) is 9.47. The summed E-state index contributed by atoms with van der Waals surface area (Å²) in [7, 11) is -3.76. The van der Waals surface area contributed by atoms with Crippen molar-refractivity contribution in [3.8, 4) is 0 Å². The molecular weight excluding hydrogens is 401 g/mol. The van der Waals surface area contributed by atoms with Crippen LogP contribution in [-0.4, -0.2) is 13.4 Å². The summed E-state index contributed by atoms with van der Waals surface area (Å²) in [5.41, 5.74) is 6.22. The van der Waals surface area contributed by atoms with Crippen LogP contribution < -0.4 is 10.5 Å². The summed E-state index contributed by atoms with van der Waals surface area (Å²) in [5, 5.41) is 0.535. The van der Waals surface area contributed by atoms with Crippen LogP contribution in [0.15, 0.2) is 41.6 Å². The van der Waals surface area contributed by atoms with Gasteiger partial charge in [0.25, 0.3) is 10.0 Å². The van der Waals surface area contributed by atoms with Gasteiger partial charge in [-0.25, -0.2) is 8.42 Å². The number of halogens is 2. The van der Waals surface area contributed by atoms with E-state index in [0.29, 0.717) is 14.3 Å². The van der Waals surface area contributed by atoms with Gasteiger partial charge in [-0.15, -0.1) is 0 Å². The van der Waals surface area contributed by atoms with Gasteiger partial charge in [0.1, 0.15) is 4.90 Å². The number of aromatic nitrogens is 1. The quantitative estimate of drug-likeness (QED) is 0.763. The highest BCUT2D eigenvalue weighted by atomic mass is 127.